The van der Waals surface area contributed by atoms with E-state index in [1.807, 2.05) is 0 Å². The summed E-state index contributed by atoms with van der Waals surface area (Å²) >= 11 is 0. The molecule has 1 aliphatic rings. The molecular formula is C10H18O3. The summed E-state index contributed by atoms with van der Waals surface area (Å²) < 4.78 is 15.8. The molecule has 1 aliphatic heterocycles. The zero-order valence-corrected chi connectivity index (χ0v) is 8.36. The van der Waals surface area contributed by atoms with Crippen LogP contribution in [0.2, 0.25) is 0 Å². The molecule has 3 nitrogen and oxygen atoms in total. The highest BCUT2D eigenvalue weighted by Gasteiger charge is 2.25. The summed E-state index contributed by atoms with van der Waals surface area (Å²) in [5, 5.41) is 0. The molecule has 0 amide bonds. The maximum Gasteiger partial charge on any atom is 0.180 e. The van der Waals surface area contributed by atoms with Gasteiger partial charge in [0.1, 0.15) is 0 Å². The van der Waals surface area contributed by atoms with Crippen molar-refractivity contribution in [2.75, 3.05) is 26.9 Å². The van der Waals surface area contributed by atoms with Crippen molar-refractivity contribution in [3.05, 3.63) is 6.92 Å². The van der Waals surface area contributed by atoms with Gasteiger partial charge in [-0.25, -0.2) is 0 Å². The minimum Gasteiger partial charge on any atom is -0.379 e. The predicted molar refractivity (Wildman–Crippen MR) is 49.1 cm³/mol. The second-order valence-corrected chi connectivity index (χ2v) is 3.38. The van der Waals surface area contributed by atoms with E-state index in [4.69, 9.17) is 21.1 Å². The van der Waals surface area contributed by atoms with Gasteiger partial charge in [0.05, 0.1) is 19.8 Å². The number of methoxy groups -OCH3 is 1. The van der Waals surface area contributed by atoms with E-state index in [0.29, 0.717) is 25.7 Å². The second kappa shape index (κ2) is 5.58. The van der Waals surface area contributed by atoms with Crippen molar-refractivity contribution in [3.63, 3.8) is 0 Å². The maximum atomic E-state index is 5.88. The van der Waals surface area contributed by atoms with Gasteiger partial charge in [0, 0.05) is 13.0 Å². The van der Waals surface area contributed by atoms with E-state index in [1.54, 1.807) is 7.11 Å². The molecule has 2 radical (unpaired) electrons. The topological polar surface area (TPSA) is 27.7 Å². The van der Waals surface area contributed by atoms with Crippen LogP contribution in [0, 0.1) is 18.8 Å². The zero-order valence-electron chi connectivity index (χ0n) is 8.36. The summed E-state index contributed by atoms with van der Waals surface area (Å²) in [6, 6.07) is 0. The summed E-state index contributed by atoms with van der Waals surface area (Å²) in [5.74, 6) is 0.515. The first-order chi connectivity index (χ1) is 6.27. The molecule has 1 fully saturated rings. The third kappa shape index (κ3) is 3.25. The van der Waals surface area contributed by atoms with Gasteiger partial charge in [-0.15, -0.1) is 0 Å². The highest BCUT2D eigenvalue weighted by Crippen LogP contribution is 2.21. The lowest BCUT2D eigenvalue weighted by Gasteiger charge is -2.31. The van der Waals surface area contributed by atoms with Gasteiger partial charge in [0.2, 0.25) is 0 Å². The van der Waals surface area contributed by atoms with E-state index < -0.39 is 0 Å². The molecule has 3 heteroatoms. The van der Waals surface area contributed by atoms with Gasteiger partial charge in [-0.1, -0.05) is 13.3 Å². The average Bonchev–Trinajstić information content (AvgIpc) is 2.18. The summed E-state index contributed by atoms with van der Waals surface area (Å²) in [4.78, 5) is 0. The molecule has 1 saturated heterocycles. The molecule has 0 bridgehead atoms. The second-order valence-electron chi connectivity index (χ2n) is 3.38. The summed E-state index contributed by atoms with van der Waals surface area (Å²) in [6.45, 7) is 9.81. The van der Waals surface area contributed by atoms with Crippen LogP contribution in [0.5, 0.6) is 0 Å². The highest BCUT2D eigenvalue weighted by atomic mass is 16.7. The first-order valence-electron chi connectivity index (χ1n) is 4.75. The van der Waals surface area contributed by atoms with Gasteiger partial charge in [-0.05, 0) is 12.8 Å². The molecule has 0 spiro atoms. The lowest BCUT2D eigenvalue weighted by Crippen LogP contribution is -2.37. The smallest absolute Gasteiger partial charge is 0.180 e. The Morgan fingerprint density at radius 2 is 2.08 bits per heavy atom. The Bertz CT molecular complexity index is 130. The average molecular weight is 186 g/mol. The van der Waals surface area contributed by atoms with Crippen LogP contribution in [-0.4, -0.2) is 33.2 Å². The largest absolute Gasteiger partial charge is 0.379 e. The fourth-order valence-corrected chi connectivity index (χ4v) is 1.37. The standard InChI is InChI=1S/C10H18O3/c1-4-8(2)9-5-12-10(7-11-3)13-6-9/h2,8-10H,4-7H2,1,3H3. The lowest BCUT2D eigenvalue weighted by atomic mass is 9.93. The lowest BCUT2D eigenvalue weighted by molar-refractivity contribution is -0.223. The molecule has 0 aromatic heterocycles. The van der Waals surface area contributed by atoms with Crippen molar-refractivity contribution >= 4 is 0 Å². The maximum absolute atomic E-state index is 5.88. The normalized spacial score (nSPS) is 31.6. The van der Waals surface area contributed by atoms with Crippen LogP contribution < -0.4 is 0 Å². The quantitative estimate of drug-likeness (QED) is 0.663. The van der Waals surface area contributed by atoms with Crippen LogP contribution in [-0.2, 0) is 14.2 Å². The van der Waals surface area contributed by atoms with E-state index in [-0.39, 0.29) is 12.2 Å². The molecule has 0 N–H and O–H groups in total. The SMILES string of the molecule is [CH]C(CC)C1COC(COC)OC1. The summed E-state index contributed by atoms with van der Waals surface area (Å²) in [7, 11) is 1.64. The fraction of sp³-hybridized carbons (Fsp3) is 0.900. The summed E-state index contributed by atoms with van der Waals surface area (Å²) in [5.41, 5.74) is 0. The van der Waals surface area contributed by atoms with Crippen molar-refractivity contribution in [2.45, 2.75) is 19.6 Å². The minimum absolute atomic E-state index is 0.184. The molecule has 0 aromatic rings. The Balaban J connectivity index is 2.22. The van der Waals surface area contributed by atoms with E-state index in [9.17, 15) is 0 Å². The summed E-state index contributed by atoms with van der Waals surface area (Å²) in [6.07, 6.45) is 0.761. The molecule has 1 unspecified atom stereocenters. The predicted octanol–water partition coefficient (Wildman–Crippen LogP) is 1.36. The van der Waals surface area contributed by atoms with Crippen LogP contribution in [0.4, 0.5) is 0 Å². The molecule has 1 heterocycles. The van der Waals surface area contributed by atoms with E-state index in [1.165, 1.54) is 0 Å². The third-order valence-electron chi connectivity index (χ3n) is 2.37. The van der Waals surface area contributed by atoms with Gasteiger partial charge in [0.25, 0.3) is 0 Å². The van der Waals surface area contributed by atoms with Crippen molar-refractivity contribution in [3.8, 4) is 0 Å². The Morgan fingerprint density at radius 1 is 1.46 bits per heavy atom. The van der Waals surface area contributed by atoms with Gasteiger partial charge in [0.15, 0.2) is 6.29 Å². The molecular weight excluding hydrogens is 168 g/mol. The van der Waals surface area contributed by atoms with Gasteiger partial charge >= 0.3 is 0 Å². The number of hydrogen-bond donors (Lipinski definition) is 0. The zero-order chi connectivity index (χ0) is 9.68. The van der Waals surface area contributed by atoms with Crippen molar-refractivity contribution in [2.24, 2.45) is 11.8 Å². The Morgan fingerprint density at radius 3 is 2.54 bits per heavy atom. The van der Waals surface area contributed by atoms with Crippen LogP contribution in [0.1, 0.15) is 13.3 Å². The van der Waals surface area contributed by atoms with Crippen molar-refractivity contribution in [1.82, 2.24) is 0 Å². The van der Waals surface area contributed by atoms with Gasteiger partial charge in [-0.2, -0.15) is 0 Å². The number of hydrogen-bond acceptors (Lipinski definition) is 3. The minimum atomic E-state index is -0.203. The fourth-order valence-electron chi connectivity index (χ4n) is 1.37. The van der Waals surface area contributed by atoms with Gasteiger partial charge < -0.3 is 14.2 Å². The monoisotopic (exact) mass is 186 g/mol. The molecule has 0 saturated carbocycles. The molecule has 1 atom stereocenters. The van der Waals surface area contributed by atoms with Crippen molar-refractivity contribution < 1.29 is 14.2 Å². The molecule has 76 valence electrons. The molecule has 0 aliphatic carbocycles. The molecule has 13 heavy (non-hydrogen) atoms. The number of ether oxygens (including phenoxy) is 3. The Labute approximate surface area is 80.4 Å². The Hall–Kier alpha value is -0.120. The Kier molecular flexibility index (Phi) is 4.70. The van der Waals surface area contributed by atoms with E-state index >= 15 is 0 Å². The van der Waals surface area contributed by atoms with Crippen LogP contribution >= 0.6 is 0 Å². The first kappa shape index (κ1) is 11.0. The van der Waals surface area contributed by atoms with E-state index in [0.717, 1.165) is 6.42 Å². The molecule has 0 aromatic carbocycles. The first-order valence-corrected chi connectivity index (χ1v) is 4.75. The van der Waals surface area contributed by atoms with Crippen LogP contribution in [0.25, 0.3) is 0 Å². The van der Waals surface area contributed by atoms with E-state index in [2.05, 4.69) is 6.92 Å². The highest BCUT2D eigenvalue weighted by molar-refractivity contribution is 4.73. The molecule has 1 rings (SSSR count). The third-order valence-corrected chi connectivity index (χ3v) is 2.37. The van der Waals surface area contributed by atoms with Crippen molar-refractivity contribution in [1.29, 1.82) is 0 Å². The van der Waals surface area contributed by atoms with Crippen LogP contribution in [0.3, 0.4) is 0 Å². The van der Waals surface area contributed by atoms with Gasteiger partial charge in [-0.3, -0.25) is 0 Å². The number of rotatable bonds is 4. The van der Waals surface area contributed by atoms with Crippen LogP contribution in [0.15, 0.2) is 0 Å².